The Morgan fingerprint density at radius 1 is 1.19 bits per heavy atom. The van der Waals surface area contributed by atoms with Crippen molar-refractivity contribution in [2.45, 2.75) is 26.8 Å². The van der Waals surface area contributed by atoms with Crippen molar-refractivity contribution in [3.8, 4) is 5.75 Å². The summed E-state index contributed by atoms with van der Waals surface area (Å²) in [6, 6.07) is 11.7. The molecule has 2 aromatic rings. The number of rotatable bonds is 6. The molecule has 166 valence electrons. The standard InChI is InChI=1S/C24H25N3O5/c1-4-31-19-11-6-5-9-16(19)22-21-18(13-32-23(21)29)27(24(30)26-22)12-20(28)25-17-10-7-8-14(2)15(17)3/h5-11,22H,4,12-13H2,1-3H3,(H,25,28)(H,26,30)/t22-/m0/s1. The number of cyclic esters (lactones) is 1. The van der Waals surface area contributed by atoms with Gasteiger partial charge in [0.2, 0.25) is 5.91 Å². The van der Waals surface area contributed by atoms with Crippen LogP contribution >= 0.6 is 0 Å². The summed E-state index contributed by atoms with van der Waals surface area (Å²) in [7, 11) is 0. The Balaban J connectivity index is 1.62. The Morgan fingerprint density at radius 2 is 1.97 bits per heavy atom. The Hall–Kier alpha value is -3.81. The number of carbonyl (C=O) groups excluding carboxylic acids is 3. The average molecular weight is 435 g/mol. The third-order valence-corrected chi connectivity index (χ3v) is 5.71. The quantitative estimate of drug-likeness (QED) is 0.679. The van der Waals surface area contributed by atoms with Gasteiger partial charge in [0, 0.05) is 11.3 Å². The number of hydrogen-bond acceptors (Lipinski definition) is 5. The third-order valence-electron chi connectivity index (χ3n) is 5.71. The number of amides is 3. The second-order valence-corrected chi connectivity index (χ2v) is 7.67. The fourth-order valence-corrected chi connectivity index (χ4v) is 3.94. The Bertz CT molecular complexity index is 1120. The van der Waals surface area contributed by atoms with Crippen molar-refractivity contribution in [3.05, 3.63) is 70.4 Å². The first-order valence-corrected chi connectivity index (χ1v) is 10.5. The van der Waals surface area contributed by atoms with E-state index in [1.807, 2.05) is 51.1 Å². The van der Waals surface area contributed by atoms with Crippen LogP contribution in [0.2, 0.25) is 0 Å². The van der Waals surface area contributed by atoms with E-state index < -0.39 is 18.0 Å². The molecule has 2 N–H and O–H groups in total. The highest BCUT2D eigenvalue weighted by atomic mass is 16.5. The van der Waals surface area contributed by atoms with Gasteiger partial charge in [0.25, 0.3) is 0 Å². The molecular formula is C24H25N3O5. The second kappa shape index (κ2) is 8.74. The zero-order valence-electron chi connectivity index (χ0n) is 18.2. The monoisotopic (exact) mass is 435 g/mol. The number of para-hydroxylation sites is 1. The molecule has 0 radical (unpaired) electrons. The highest BCUT2D eigenvalue weighted by Crippen LogP contribution is 2.38. The largest absolute Gasteiger partial charge is 0.494 e. The van der Waals surface area contributed by atoms with Crippen molar-refractivity contribution in [2.75, 3.05) is 25.1 Å². The molecule has 8 heteroatoms. The van der Waals surface area contributed by atoms with Crippen LogP contribution in [0.25, 0.3) is 0 Å². The second-order valence-electron chi connectivity index (χ2n) is 7.67. The molecule has 0 unspecified atom stereocenters. The number of nitrogens with zero attached hydrogens (tertiary/aromatic N) is 1. The van der Waals surface area contributed by atoms with E-state index in [2.05, 4.69) is 10.6 Å². The normalized spacial score (nSPS) is 17.6. The van der Waals surface area contributed by atoms with Crippen molar-refractivity contribution in [1.82, 2.24) is 10.2 Å². The topological polar surface area (TPSA) is 97.0 Å². The van der Waals surface area contributed by atoms with Crippen molar-refractivity contribution in [3.63, 3.8) is 0 Å². The number of nitrogens with one attached hydrogen (secondary N) is 2. The zero-order valence-corrected chi connectivity index (χ0v) is 18.2. The van der Waals surface area contributed by atoms with E-state index in [1.165, 1.54) is 4.90 Å². The predicted octanol–water partition coefficient (Wildman–Crippen LogP) is 3.22. The maximum Gasteiger partial charge on any atom is 0.338 e. The molecular weight excluding hydrogens is 410 g/mol. The van der Waals surface area contributed by atoms with E-state index in [1.54, 1.807) is 12.1 Å². The molecule has 2 aromatic carbocycles. The van der Waals surface area contributed by atoms with Crippen LogP contribution in [-0.4, -0.2) is 42.6 Å². The summed E-state index contributed by atoms with van der Waals surface area (Å²) < 4.78 is 10.9. The highest BCUT2D eigenvalue weighted by Gasteiger charge is 2.43. The maximum atomic E-state index is 13.0. The van der Waals surface area contributed by atoms with Crippen LogP contribution in [-0.2, 0) is 14.3 Å². The molecule has 2 heterocycles. The molecule has 8 nitrogen and oxygen atoms in total. The van der Waals surface area contributed by atoms with Gasteiger partial charge < -0.3 is 20.1 Å². The molecule has 4 rings (SSSR count). The minimum absolute atomic E-state index is 0.0638. The van der Waals surface area contributed by atoms with E-state index in [9.17, 15) is 14.4 Å². The number of benzene rings is 2. The van der Waals surface area contributed by atoms with E-state index in [4.69, 9.17) is 9.47 Å². The Morgan fingerprint density at radius 3 is 2.75 bits per heavy atom. The van der Waals surface area contributed by atoms with Crippen LogP contribution in [0.1, 0.15) is 29.7 Å². The fourth-order valence-electron chi connectivity index (χ4n) is 3.94. The van der Waals surface area contributed by atoms with E-state index in [-0.39, 0.29) is 19.1 Å². The van der Waals surface area contributed by atoms with E-state index in [0.717, 1.165) is 11.1 Å². The molecule has 0 saturated carbocycles. The van der Waals surface area contributed by atoms with Crippen LogP contribution in [0.4, 0.5) is 10.5 Å². The molecule has 0 saturated heterocycles. The Kier molecular flexibility index (Phi) is 5.85. The summed E-state index contributed by atoms with van der Waals surface area (Å²) in [6.45, 7) is 5.88. The molecule has 0 spiro atoms. The van der Waals surface area contributed by atoms with Crippen LogP contribution in [0.5, 0.6) is 5.75 Å². The molecule has 0 fully saturated rings. The molecule has 0 bridgehead atoms. The van der Waals surface area contributed by atoms with Gasteiger partial charge in [-0.15, -0.1) is 0 Å². The smallest absolute Gasteiger partial charge is 0.338 e. The third kappa shape index (κ3) is 3.91. The van der Waals surface area contributed by atoms with Crippen LogP contribution < -0.4 is 15.4 Å². The van der Waals surface area contributed by atoms with Gasteiger partial charge in [-0.3, -0.25) is 9.69 Å². The lowest BCUT2D eigenvalue weighted by atomic mass is 9.95. The van der Waals surface area contributed by atoms with Crippen molar-refractivity contribution in [1.29, 1.82) is 0 Å². The SMILES string of the molecule is CCOc1ccccc1[C@@H]1NC(=O)N(CC(=O)Nc2cccc(C)c2C)C2=C1C(=O)OC2. The van der Waals surface area contributed by atoms with Crippen molar-refractivity contribution < 1.29 is 23.9 Å². The van der Waals surface area contributed by atoms with Crippen molar-refractivity contribution >= 4 is 23.6 Å². The lowest BCUT2D eigenvalue weighted by Crippen LogP contribution is -2.49. The average Bonchev–Trinajstić information content (AvgIpc) is 3.15. The lowest BCUT2D eigenvalue weighted by Gasteiger charge is -2.33. The van der Waals surface area contributed by atoms with Crippen LogP contribution in [0.15, 0.2) is 53.7 Å². The van der Waals surface area contributed by atoms with Gasteiger partial charge in [0.05, 0.1) is 23.9 Å². The molecule has 0 aliphatic carbocycles. The van der Waals surface area contributed by atoms with E-state index in [0.29, 0.717) is 34.9 Å². The first kappa shape index (κ1) is 21.4. The number of ether oxygens (including phenoxy) is 2. The summed E-state index contributed by atoms with van der Waals surface area (Å²) in [5, 5.41) is 5.69. The van der Waals surface area contributed by atoms with Gasteiger partial charge in [0.15, 0.2) is 0 Å². The van der Waals surface area contributed by atoms with Gasteiger partial charge in [0.1, 0.15) is 18.9 Å². The predicted molar refractivity (Wildman–Crippen MR) is 118 cm³/mol. The lowest BCUT2D eigenvalue weighted by molar-refractivity contribution is -0.136. The Labute approximate surface area is 186 Å². The molecule has 3 amide bonds. The number of hydrogen-bond donors (Lipinski definition) is 2. The fraction of sp³-hybridized carbons (Fsp3) is 0.292. The minimum Gasteiger partial charge on any atom is -0.494 e. The van der Waals surface area contributed by atoms with E-state index >= 15 is 0 Å². The van der Waals surface area contributed by atoms with Gasteiger partial charge in [-0.05, 0) is 44.0 Å². The minimum atomic E-state index is -0.714. The summed E-state index contributed by atoms with van der Waals surface area (Å²) in [4.78, 5) is 39.6. The highest BCUT2D eigenvalue weighted by molar-refractivity contribution is 6.00. The summed E-state index contributed by atoms with van der Waals surface area (Å²) in [5.41, 5.74) is 4.06. The maximum absolute atomic E-state index is 13.0. The number of esters is 1. The van der Waals surface area contributed by atoms with Gasteiger partial charge in [-0.2, -0.15) is 0 Å². The van der Waals surface area contributed by atoms with Gasteiger partial charge in [-0.1, -0.05) is 30.3 Å². The molecule has 2 aliphatic rings. The first-order chi connectivity index (χ1) is 15.4. The number of anilines is 1. The summed E-state index contributed by atoms with van der Waals surface area (Å²) in [6.07, 6.45) is 0. The van der Waals surface area contributed by atoms with Crippen LogP contribution in [0, 0.1) is 13.8 Å². The van der Waals surface area contributed by atoms with Crippen LogP contribution in [0.3, 0.4) is 0 Å². The number of aryl methyl sites for hydroxylation is 1. The van der Waals surface area contributed by atoms with Crippen molar-refractivity contribution in [2.24, 2.45) is 0 Å². The zero-order chi connectivity index (χ0) is 22.8. The number of urea groups is 1. The molecule has 32 heavy (non-hydrogen) atoms. The first-order valence-electron chi connectivity index (χ1n) is 10.5. The number of carbonyl (C=O) groups is 3. The molecule has 2 aliphatic heterocycles. The molecule has 0 aromatic heterocycles. The van der Waals surface area contributed by atoms with Gasteiger partial charge in [-0.25, -0.2) is 9.59 Å². The summed E-state index contributed by atoms with van der Waals surface area (Å²) >= 11 is 0. The van der Waals surface area contributed by atoms with Gasteiger partial charge >= 0.3 is 12.0 Å². The molecule has 1 atom stereocenters. The summed E-state index contributed by atoms with van der Waals surface area (Å²) in [5.74, 6) is -0.308.